The molecular formula is C19H25NO. The number of benzene rings is 2. The van der Waals surface area contributed by atoms with Crippen molar-refractivity contribution in [2.75, 3.05) is 0 Å². The summed E-state index contributed by atoms with van der Waals surface area (Å²) >= 11 is 0. The van der Waals surface area contributed by atoms with E-state index in [2.05, 4.69) is 55.6 Å². The fourth-order valence-electron chi connectivity index (χ4n) is 2.48. The van der Waals surface area contributed by atoms with Crippen LogP contribution in [0, 0.1) is 6.92 Å². The molecule has 2 rings (SSSR count). The van der Waals surface area contributed by atoms with Gasteiger partial charge in [-0.3, -0.25) is 0 Å². The molecule has 2 heteroatoms. The second-order valence-electron chi connectivity index (χ2n) is 5.79. The zero-order chi connectivity index (χ0) is 15.1. The quantitative estimate of drug-likeness (QED) is 0.814. The lowest BCUT2D eigenvalue weighted by molar-refractivity contribution is 0.281. The molecule has 0 aliphatic carbocycles. The van der Waals surface area contributed by atoms with Gasteiger partial charge in [-0.05, 0) is 43.4 Å². The summed E-state index contributed by atoms with van der Waals surface area (Å²) in [5.74, 6) is 0. The molecule has 21 heavy (non-hydrogen) atoms. The summed E-state index contributed by atoms with van der Waals surface area (Å²) in [6.07, 6.45) is 2.23. The van der Waals surface area contributed by atoms with E-state index < -0.39 is 0 Å². The van der Waals surface area contributed by atoms with Crippen molar-refractivity contribution in [1.29, 1.82) is 0 Å². The Morgan fingerprint density at radius 2 is 1.71 bits per heavy atom. The number of nitrogens with one attached hydrogen (secondary N) is 1. The van der Waals surface area contributed by atoms with E-state index >= 15 is 0 Å². The van der Waals surface area contributed by atoms with Gasteiger partial charge in [-0.2, -0.15) is 0 Å². The van der Waals surface area contributed by atoms with Gasteiger partial charge in [-0.1, -0.05) is 54.1 Å². The highest BCUT2D eigenvalue weighted by molar-refractivity contribution is 5.23. The van der Waals surface area contributed by atoms with Gasteiger partial charge < -0.3 is 10.4 Å². The molecule has 0 heterocycles. The third-order valence-corrected chi connectivity index (χ3v) is 3.78. The largest absolute Gasteiger partial charge is 0.392 e. The van der Waals surface area contributed by atoms with Crippen LogP contribution in [0.3, 0.4) is 0 Å². The smallest absolute Gasteiger partial charge is 0.0681 e. The molecule has 0 aliphatic heterocycles. The standard InChI is InChI=1S/C19H25NO/c1-15-5-3-6-17(11-15)10-9-16(2)20-13-18-7-4-8-19(12-18)14-21/h3-8,11-12,16,20-21H,9-10,13-14H2,1-2H3. The Hall–Kier alpha value is -1.64. The third-order valence-electron chi connectivity index (χ3n) is 3.78. The van der Waals surface area contributed by atoms with Crippen LogP contribution < -0.4 is 5.32 Å². The summed E-state index contributed by atoms with van der Waals surface area (Å²) in [6.45, 7) is 5.32. The minimum absolute atomic E-state index is 0.108. The summed E-state index contributed by atoms with van der Waals surface area (Å²) in [7, 11) is 0. The second kappa shape index (κ2) is 7.96. The molecule has 0 saturated carbocycles. The number of aryl methyl sites for hydroxylation is 2. The SMILES string of the molecule is Cc1cccc(CCC(C)NCc2cccc(CO)c2)c1. The summed E-state index contributed by atoms with van der Waals surface area (Å²) < 4.78 is 0. The highest BCUT2D eigenvalue weighted by atomic mass is 16.3. The van der Waals surface area contributed by atoms with Crippen molar-refractivity contribution in [1.82, 2.24) is 5.32 Å². The van der Waals surface area contributed by atoms with Gasteiger partial charge in [0.25, 0.3) is 0 Å². The number of rotatable bonds is 7. The first kappa shape index (κ1) is 15.7. The topological polar surface area (TPSA) is 32.3 Å². The van der Waals surface area contributed by atoms with Crippen LogP contribution in [0.5, 0.6) is 0 Å². The Labute approximate surface area is 127 Å². The van der Waals surface area contributed by atoms with Crippen molar-refractivity contribution in [2.24, 2.45) is 0 Å². The first-order valence-corrected chi connectivity index (χ1v) is 7.65. The van der Waals surface area contributed by atoms with E-state index in [1.165, 1.54) is 16.7 Å². The monoisotopic (exact) mass is 283 g/mol. The Kier molecular flexibility index (Phi) is 5.97. The first-order chi connectivity index (χ1) is 10.2. The van der Waals surface area contributed by atoms with E-state index in [-0.39, 0.29) is 6.61 Å². The molecule has 0 bridgehead atoms. The van der Waals surface area contributed by atoms with Crippen LogP contribution in [0.25, 0.3) is 0 Å². The second-order valence-corrected chi connectivity index (χ2v) is 5.79. The maximum absolute atomic E-state index is 9.15. The van der Waals surface area contributed by atoms with Crippen LogP contribution in [-0.4, -0.2) is 11.1 Å². The molecule has 0 fully saturated rings. The van der Waals surface area contributed by atoms with Crippen LogP contribution in [0.4, 0.5) is 0 Å². The van der Waals surface area contributed by atoms with Crippen molar-refractivity contribution in [3.63, 3.8) is 0 Å². The van der Waals surface area contributed by atoms with Gasteiger partial charge in [0.1, 0.15) is 0 Å². The van der Waals surface area contributed by atoms with Crippen molar-refractivity contribution >= 4 is 0 Å². The van der Waals surface area contributed by atoms with Crippen LogP contribution in [0.1, 0.15) is 35.6 Å². The van der Waals surface area contributed by atoms with Gasteiger partial charge in [0.15, 0.2) is 0 Å². The molecule has 112 valence electrons. The van der Waals surface area contributed by atoms with Crippen molar-refractivity contribution in [3.05, 3.63) is 70.8 Å². The molecule has 0 amide bonds. The number of aliphatic hydroxyl groups is 1. The van der Waals surface area contributed by atoms with Crippen LogP contribution >= 0.6 is 0 Å². The summed E-state index contributed by atoms with van der Waals surface area (Å²) in [5.41, 5.74) is 4.94. The molecule has 1 atom stereocenters. The van der Waals surface area contributed by atoms with Crippen LogP contribution in [0.15, 0.2) is 48.5 Å². The minimum atomic E-state index is 0.108. The molecule has 0 aromatic heterocycles. The van der Waals surface area contributed by atoms with E-state index in [4.69, 9.17) is 5.11 Å². The van der Waals surface area contributed by atoms with E-state index in [1.807, 2.05) is 12.1 Å². The molecule has 1 unspecified atom stereocenters. The zero-order valence-electron chi connectivity index (χ0n) is 13.0. The lowest BCUT2D eigenvalue weighted by atomic mass is 10.0. The number of hydrogen-bond donors (Lipinski definition) is 2. The molecule has 2 aromatic rings. The molecule has 0 radical (unpaired) electrons. The molecule has 2 N–H and O–H groups in total. The summed E-state index contributed by atoms with van der Waals surface area (Å²) in [6, 6.07) is 17.3. The molecule has 2 nitrogen and oxygen atoms in total. The lowest BCUT2D eigenvalue weighted by Gasteiger charge is -2.14. The Bertz CT molecular complexity index is 565. The molecular weight excluding hydrogens is 258 g/mol. The highest BCUT2D eigenvalue weighted by Gasteiger charge is 2.03. The van der Waals surface area contributed by atoms with E-state index in [9.17, 15) is 0 Å². The zero-order valence-corrected chi connectivity index (χ0v) is 13.0. The van der Waals surface area contributed by atoms with E-state index in [1.54, 1.807) is 0 Å². The van der Waals surface area contributed by atoms with Gasteiger partial charge >= 0.3 is 0 Å². The third kappa shape index (κ3) is 5.33. The normalized spacial score (nSPS) is 12.3. The maximum atomic E-state index is 9.15. The minimum Gasteiger partial charge on any atom is -0.392 e. The van der Waals surface area contributed by atoms with Crippen molar-refractivity contribution in [3.8, 4) is 0 Å². The average Bonchev–Trinajstić information content (AvgIpc) is 2.51. The molecule has 2 aromatic carbocycles. The van der Waals surface area contributed by atoms with Gasteiger partial charge in [0, 0.05) is 12.6 Å². The molecule has 0 spiro atoms. The molecule has 0 saturated heterocycles. The van der Waals surface area contributed by atoms with Gasteiger partial charge in [0.05, 0.1) is 6.61 Å². The van der Waals surface area contributed by atoms with Crippen molar-refractivity contribution in [2.45, 2.75) is 45.9 Å². The van der Waals surface area contributed by atoms with Crippen molar-refractivity contribution < 1.29 is 5.11 Å². The predicted molar refractivity (Wildman–Crippen MR) is 88.2 cm³/mol. The Morgan fingerprint density at radius 1 is 1.00 bits per heavy atom. The fourth-order valence-corrected chi connectivity index (χ4v) is 2.48. The van der Waals surface area contributed by atoms with Gasteiger partial charge in [-0.15, -0.1) is 0 Å². The van der Waals surface area contributed by atoms with E-state index in [0.717, 1.165) is 24.9 Å². The average molecular weight is 283 g/mol. The van der Waals surface area contributed by atoms with Crippen LogP contribution in [-0.2, 0) is 19.6 Å². The fraction of sp³-hybridized carbons (Fsp3) is 0.368. The van der Waals surface area contributed by atoms with Crippen LogP contribution in [0.2, 0.25) is 0 Å². The van der Waals surface area contributed by atoms with E-state index in [0.29, 0.717) is 6.04 Å². The Balaban J connectivity index is 1.78. The number of hydrogen-bond acceptors (Lipinski definition) is 2. The first-order valence-electron chi connectivity index (χ1n) is 7.65. The lowest BCUT2D eigenvalue weighted by Crippen LogP contribution is -2.26. The summed E-state index contributed by atoms with van der Waals surface area (Å²) in [4.78, 5) is 0. The highest BCUT2D eigenvalue weighted by Crippen LogP contribution is 2.09. The van der Waals surface area contributed by atoms with Gasteiger partial charge in [0.2, 0.25) is 0 Å². The summed E-state index contributed by atoms with van der Waals surface area (Å²) in [5, 5.41) is 12.7. The predicted octanol–water partition coefficient (Wildman–Crippen LogP) is 3.60. The van der Waals surface area contributed by atoms with Gasteiger partial charge in [-0.25, -0.2) is 0 Å². The maximum Gasteiger partial charge on any atom is 0.0681 e. The number of aliphatic hydroxyl groups excluding tert-OH is 1. The molecule has 0 aliphatic rings. The Morgan fingerprint density at radius 3 is 2.48 bits per heavy atom.